The van der Waals surface area contributed by atoms with E-state index < -0.39 is 19.8 Å². The number of hydrogen-bond donors (Lipinski definition) is 4. The van der Waals surface area contributed by atoms with Crippen LogP contribution in [0.5, 0.6) is 5.75 Å². The minimum Gasteiger partial charge on any atom is -0.390 e. The molecule has 0 spiro atoms. The standard InChI is InChI=1S/C8H12O6SSi/c9-15(10)14-8-3-1-7(2-4-8)5-6-16(11,12)13/h1-4,11-13,15H,5-6H2. The normalized spacial score (nSPS) is 11.8. The minimum absolute atomic E-state index is 0.0942. The second-order valence-corrected chi connectivity index (χ2v) is 5.91. The van der Waals surface area contributed by atoms with E-state index in [1.54, 1.807) is 12.1 Å². The van der Waals surface area contributed by atoms with Crippen molar-refractivity contribution in [1.29, 1.82) is 0 Å². The predicted octanol–water partition coefficient (Wildman–Crippen LogP) is -0.950. The highest BCUT2D eigenvalue weighted by Crippen LogP contribution is 2.14. The summed E-state index contributed by atoms with van der Waals surface area (Å²) >= 11 is 0. The summed E-state index contributed by atoms with van der Waals surface area (Å²) in [6.45, 7) is 0. The fourth-order valence-electron chi connectivity index (χ4n) is 1.12. The maximum atomic E-state index is 10.2. The Morgan fingerprint density at radius 3 is 2.12 bits per heavy atom. The summed E-state index contributed by atoms with van der Waals surface area (Å²) < 4.78 is 24.9. The summed E-state index contributed by atoms with van der Waals surface area (Å²) in [7, 11) is -6.93. The van der Waals surface area contributed by atoms with Gasteiger partial charge in [-0.05, 0) is 24.1 Å². The lowest BCUT2D eigenvalue weighted by Gasteiger charge is -2.08. The Hall–Kier alpha value is -0.933. The first-order chi connectivity index (χ1) is 7.37. The molecular formula is C8H12O6SSi. The molecule has 1 aromatic rings. The molecule has 0 aliphatic heterocycles. The lowest BCUT2D eigenvalue weighted by Crippen LogP contribution is -2.34. The Morgan fingerprint density at radius 2 is 1.69 bits per heavy atom. The van der Waals surface area contributed by atoms with Crippen LogP contribution in [0.15, 0.2) is 24.3 Å². The summed E-state index contributed by atoms with van der Waals surface area (Å²) in [6.07, 6.45) is 0.305. The Bertz CT molecular complexity index is 400. The van der Waals surface area contributed by atoms with Crippen molar-refractivity contribution in [1.82, 2.24) is 0 Å². The zero-order chi connectivity index (χ0) is 12.2. The van der Waals surface area contributed by atoms with Gasteiger partial charge in [0.05, 0.1) is 0 Å². The molecule has 0 aliphatic carbocycles. The predicted molar refractivity (Wildman–Crippen MR) is 58.3 cm³/mol. The maximum absolute atomic E-state index is 10.2. The van der Waals surface area contributed by atoms with Gasteiger partial charge in [-0.25, -0.2) is 0 Å². The first kappa shape index (κ1) is 13.1. The van der Waals surface area contributed by atoms with Crippen LogP contribution >= 0.6 is 0 Å². The van der Waals surface area contributed by atoms with E-state index in [2.05, 4.69) is 4.18 Å². The van der Waals surface area contributed by atoms with E-state index in [1.165, 1.54) is 12.1 Å². The van der Waals surface area contributed by atoms with Crippen molar-refractivity contribution in [2.75, 3.05) is 0 Å². The third-order valence-electron chi connectivity index (χ3n) is 1.85. The zero-order valence-electron chi connectivity index (χ0n) is 8.24. The first-order valence-corrected chi connectivity index (χ1v) is 7.60. The fraction of sp³-hybridized carbons (Fsp3) is 0.250. The van der Waals surface area contributed by atoms with Crippen LogP contribution in [0.3, 0.4) is 0 Å². The van der Waals surface area contributed by atoms with Crippen LogP contribution in [0.2, 0.25) is 6.04 Å². The molecule has 0 aliphatic rings. The van der Waals surface area contributed by atoms with Crippen LogP contribution in [0.4, 0.5) is 0 Å². The molecule has 0 amide bonds. The molecule has 0 atom stereocenters. The summed E-state index contributed by atoms with van der Waals surface area (Å²) in [5.41, 5.74) is 0.752. The fourth-order valence-corrected chi connectivity index (χ4v) is 2.03. The number of hydrogen-bond acceptors (Lipinski definition) is 6. The number of benzene rings is 1. The second kappa shape index (κ2) is 5.41. The Morgan fingerprint density at radius 1 is 1.12 bits per heavy atom. The van der Waals surface area contributed by atoms with Crippen LogP contribution in [-0.4, -0.2) is 31.6 Å². The zero-order valence-corrected chi connectivity index (χ0v) is 10.1. The van der Waals surface area contributed by atoms with Crippen molar-refractivity contribution in [3.63, 3.8) is 0 Å². The van der Waals surface area contributed by atoms with Gasteiger partial charge < -0.3 is 18.6 Å². The molecule has 0 heterocycles. The molecule has 1 rings (SSSR count). The van der Waals surface area contributed by atoms with Crippen molar-refractivity contribution in [3.05, 3.63) is 29.8 Å². The highest BCUT2D eigenvalue weighted by Gasteiger charge is 2.25. The van der Waals surface area contributed by atoms with Gasteiger partial charge >= 0.3 is 8.80 Å². The summed E-state index contributed by atoms with van der Waals surface area (Å²) in [4.78, 5) is 26.4. The number of rotatable bonds is 5. The van der Waals surface area contributed by atoms with Gasteiger partial charge in [-0.15, -0.1) is 0 Å². The van der Waals surface area contributed by atoms with E-state index >= 15 is 0 Å². The third-order valence-corrected chi connectivity index (χ3v) is 3.13. The van der Waals surface area contributed by atoms with Gasteiger partial charge in [-0.3, -0.25) is 0 Å². The van der Waals surface area contributed by atoms with Crippen molar-refractivity contribution in [2.24, 2.45) is 0 Å². The SMILES string of the molecule is O=[SH](=O)Oc1ccc(CC[Si](O)(O)O)cc1. The molecule has 1 aromatic carbocycles. The van der Waals surface area contributed by atoms with Crippen molar-refractivity contribution < 1.29 is 27.0 Å². The topological polar surface area (TPSA) is 104 Å². The first-order valence-electron chi connectivity index (χ1n) is 4.45. The van der Waals surface area contributed by atoms with E-state index in [4.69, 9.17) is 14.4 Å². The van der Waals surface area contributed by atoms with E-state index in [1.807, 2.05) is 0 Å². The number of thiol groups is 1. The largest absolute Gasteiger partial charge is 0.493 e. The van der Waals surface area contributed by atoms with Gasteiger partial charge in [0.25, 0.3) is 11.0 Å². The van der Waals surface area contributed by atoms with E-state index in [-0.39, 0.29) is 11.8 Å². The molecule has 90 valence electrons. The lowest BCUT2D eigenvalue weighted by atomic mass is 10.2. The lowest BCUT2D eigenvalue weighted by molar-refractivity contribution is 0.228. The quantitative estimate of drug-likeness (QED) is 0.404. The Kier molecular flexibility index (Phi) is 4.44. The van der Waals surface area contributed by atoms with Crippen LogP contribution in [0.1, 0.15) is 5.56 Å². The molecule has 16 heavy (non-hydrogen) atoms. The molecule has 8 heteroatoms. The molecular weight excluding hydrogens is 252 g/mol. The molecule has 0 saturated heterocycles. The van der Waals surface area contributed by atoms with E-state index in [0.29, 0.717) is 6.42 Å². The van der Waals surface area contributed by atoms with Crippen molar-refractivity contribution in [2.45, 2.75) is 12.5 Å². The smallest absolute Gasteiger partial charge is 0.390 e. The Balaban J connectivity index is 2.58. The molecule has 0 unspecified atom stereocenters. The molecule has 0 saturated carbocycles. The molecule has 0 aromatic heterocycles. The van der Waals surface area contributed by atoms with E-state index in [9.17, 15) is 8.42 Å². The van der Waals surface area contributed by atoms with Crippen molar-refractivity contribution >= 4 is 19.8 Å². The average Bonchev–Trinajstić information content (AvgIpc) is 2.14. The molecule has 0 fully saturated rings. The molecule has 0 radical (unpaired) electrons. The van der Waals surface area contributed by atoms with Gasteiger partial charge in [0.15, 0.2) is 0 Å². The van der Waals surface area contributed by atoms with Crippen molar-refractivity contribution in [3.8, 4) is 5.75 Å². The highest BCUT2D eigenvalue weighted by molar-refractivity contribution is 7.67. The van der Waals surface area contributed by atoms with Crippen LogP contribution in [0, 0.1) is 0 Å². The van der Waals surface area contributed by atoms with Gasteiger partial charge in [0, 0.05) is 6.04 Å². The maximum Gasteiger partial charge on any atom is 0.493 e. The Labute approximate surface area is 95.3 Å². The van der Waals surface area contributed by atoms with Crippen LogP contribution < -0.4 is 4.18 Å². The van der Waals surface area contributed by atoms with Crippen LogP contribution in [-0.2, 0) is 17.4 Å². The van der Waals surface area contributed by atoms with Gasteiger partial charge in [0.2, 0.25) is 0 Å². The molecule has 3 N–H and O–H groups in total. The average molecular weight is 264 g/mol. The van der Waals surface area contributed by atoms with E-state index in [0.717, 1.165) is 5.56 Å². The second-order valence-electron chi connectivity index (χ2n) is 3.23. The molecule has 6 nitrogen and oxygen atoms in total. The van der Waals surface area contributed by atoms with Gasteiger partial charge in [-0.1, -0.05) is 12.1 Å². The minimum atomic E-state index is -4.01. The third kappa shape index (κ3) is 5.23. The number of aryl methyl sites for hydroxylation is 1. The van der Waals surface area contributed by atoms with Gasteiger partial charge in [-0.2, -0.15) is 8.42 Å². The van der Waals surface area contributed by atoms with Crippen LogP contribution in [0.25, 0.3) is 0 Å². The summed E-state index contributed by atoms with van der Waals surface area (Å²) in [5.74, 6) is 0.195. The van der Waals surface area contributed by atoms with Gasteiger partial charge in [0.1, 0.15) is 5.75 Å². The summed E-state index contributed by atoms with van der Waals surface area (Å²) in [5, 5.41) is 0. The monoisotopic (exact) mass is 264 g/mol. The highest BCUT2D eigenvalue weighted by atomic mass is 32.2. The molecule has 0 bridgehead atoms. The summed E-state index contributed by atoms with van der Waals surface area (Å²) in [6, 6.07) is 6.00.